The van der Waals surface area contributed by atoms with Crippen molar-refractivity contribution < 1.29 is 93.4 Å². The molecule has 0 spiro atoms. The Hall–Kier alpha value is -1.76. The number of aliphatic hydroxyl groups is 9. The average Bonchev–Trinajstić information content (AvgIpc) is 3.79. The van der Waals surface area contributed by atoms with E-state index < -0.39 is 127 Å². The number of rotatable bonds is 11. The second-order valence-electron chi connectivity index (χ2n) is 19.2. The lowest BCUT2D eigenvalue weighted by molar-refractivity contribution is -0.355. The fourth-order valence-corrected chi connectivity index (χ4v) is 12.9. The highest BCUT2D eigenvalue weighted by molar-refractivity contribution is 5.85. The maximum atomic E-state index is 13.3. The van der Waals surface area contributed by atoms with E-state index in [4.69, 9.17) is 37.9 Å². The van der Waals surface area contributed by atoms with Crippen molar-refractivity contribution in [3.8, 4) is 0 Å². The number of fused-ring (bicyclic) bond motifs is 5. The molecule has 4 aliphatic heterocycles. The summed E-state index contributed by atoms with van der Waals surface area (Å²) in [6.07, 6.45) is -12.2. The monoisotopic (exact) mass is 872 g/mol. The first kappa shape index (κ1) is 45.8. The zero-order chi connectivity index (χ0) is 43.8. The number of ether oxygens (including phenoxy) is 8. The molecule has 4 saturated carbocycles. The van der Waals surface area contributed by atoms with Crippen LogP contribution in [0.1, 0.15) is 78.1 Å². The number of aliphatic hydroxyl groups excluding tert-OH is 7. The number of methoxy groups -OCH3 is 1. The molecule has 0 aromatic heterocycles. The molecule has 19 heteroatoms. The summed E-state index contributed by atoms with van der Waals surface area (Å²) in [5.41, 5.74) is -3.06. The molecule has 9 N–H and O–H groups in total. The van der Waals surface area contributed by atoms with Gasteiger partial charge in [0, 0.05) is 31.4 Å². The van der Waals surface area contributed by atoms with Gasteiger partial charge in [0.2, 0.25) is 0 Å². The van der Waals surface area contributed by atoms with Gasteiger partial charge in [-0.05, 0) is 81.6 Å². The molecule has 8 rings (SSSR count). The second-order valence-corrected chi connectivity index (χ2v) is 19.2. The highest BCUT2D eigenvalue weighted by atomic mass is 16.8. The summed E-state index contributed by atoms with van der Waals surface area (Å²) in [4.78, 5) is 25.3. The molecular formula is C42H64O19. The Balaban J connectivity index is 0.886. The van der Waals surface area contributed by atoms with Crippen molar-refractivity contribution in [1.82, 2.24) is 0 Å². The number of carbonyl (C=O) groups excluding carboxylic acids is 2. The minimum atomic E-state index is -1.75. The maximum Gasteiger partial charge on any atom is 0.331 e. The van der Waals surface area contributed by atoms with Crippen molar-refractivity contribution in [2.45, 2.75) is 181 Å². The molecule has 7 fully saturated rings. The SMILES string of the molecule is CO[C@@H]1C[C@H](O[C@@H]2CC[C@]3(C=O)[C@H]4CC[C@]5(C)[C@H](C6=CC(=O)OC6)CC[C@]5(O)[C@@H]4CC[C@]3(O)C2)O[C@H](C)[C@@H]1O[C@H]1O[C@@H](CO[C@@H]2O[C@H](CO)[C@H](O)[C@H](O)[C@@H]2O)[C@H](O)[C@@H](O)[C@@H]1O. The third-order valence-corrected chi connectivity index (χ3v) is 16.3. The highest BCUT2D eigenvalue weighted by Crippen LogP contribution is 2.70. The smallest absolute Gasteiger partial charge is 0.331 e. The lowest BCUT2D eigenvalue weighted by Crippen LogP contribution is -2.69. The predicted molar refractivity (Wildman–Crippen MR) is 203 cm³/mol. The van der Waals surface area contributed by atoms with E-state index in [1.807, 2.05) is 0 Å². The Bertz CT molecular complexity index is 1630. The van der Waals surface area contributed by atoms with Crippen LogP contribution in [0.3, 0.4) is 0 Å². The molecule has 346 valence electrons. The van der Waals surface area contributed by atoms with Crippen LogP contribution in [0.5, 0.6) is 0 Å². The summed E-state index contributed by atoms with van der Waals surface area (Å²) >= 11 is 0. The zero-order valence-corrected chi connectivity index (χ0v) is 34.8. The number of cyclic esters (lactones) is 1. The Kier molecular flexibility index (Phi) is 12.9. The topological polar surface area (TPSA) is 290 Å². The Labute approximate surface area is 353 Å². The van der Waals surface area contributed by atoms with Crippen LogP contribution in [0.25, 0.3) is 0 Å². The van der Waals surface area contributed by atoms with E-state index in [-0.39, 0.29) is 43.2 Å². The van der Waals surface area contributed by atoms with Crippen molar-refractivity contribution in [3.63, 3.8) is 0 Å². The van der Waals surface area contributed by atoms with Gasteiger partial charge in [-0.3, -0.25) is 0 Å². The van der Waals surface area contributed by atoms with Gasteiger partial charge in [-0.15, -0.1) is 0 Å². The van der Waals surface area contributed by atoms with Crippen LogP contribution >= 0.6 is 0 Å². The van der Waals surface area contributed by atoms with Crippen LogP contribution in [0.2, 0.25) is 0 Å². The van der Waals surface area contributed by atoms with Crippen LogP contribution in [0.15, 0.2) is 11.6 Å². The molecule has 61 heavy (non-hydrogen) atoms. The van der Waals surface area contributed by atoms with Crippen LogP contribution in [0, 0.1) is 28.6 Å². The van der Waals surface area contributed by atoms with E-state index >= 15 is 0 Å². The van der Waals surface area contributed by atoms with Crippen molar-refractivity contribution >= 4 is 12.3 Å². The third-order valence-electron chi connectivity index (χ3n) is 16.3. The van der Waals surface area contributed by atoms with Gasteiger partial charge in [0.1, 0.15) is 67.8 Å². The molecule has 8 aliphatic rings. The maximum absolute atomic E-state index is 13.3. The minimum Gasteiger partial charge on any atom is -0.458 e. The molecular weight excluding hydrogens is 808 g/mol. The summed E-state index contributed by atoms with van der Waals surface area (Å²) < 4.78 is 46.7. The van der Waals surface area contributed by atoms with E-state index in [9.17, 15) is 55.5 Å². The molecule has 0 radical (unpaired) electrons. The summed E-state index contributed by atoms with van der Waals surface area (Å²) in [7, 11) is 1.47. The predicted octanol–water partition coefficient (Wildman–Crippen LogP) is -1.92. The van der Waals surface area contributed by atoms with Gasteiger partial charge in [-0.25, -0.2) is 4.79 Å². The quantitative estimate of drug-likeness (QED) is 0.0622. The van der Waals surface area contributed by atoms with Gasteiger partial charge >= 0.3 is 5.97 Å². The highest BCUT2D eigenvalue weighted by Gasteiger charge is 2.71. The summed E-state index contributed by atoms with van der Waals surface area (Å²) in [6.45, 7) is 2.86. The Morgan fingerprint density at radius 2 is 1.51 bits per heavy atom. The lowest BCUT2D eigenvalue weighted by Gasteiger charge is -2.65. The van der Waals surface area contributed by atoms with E-state index in [0.717, 1.165) is 18.3 Å². The number of hydrogen-bond donors (Lipinski definition) is 9. The molecule has 4 heterocycles. The lowest BCUT2D eigenvalue weighted by atomic mass is 9.41. The standard InChI is InChI=1S/C42H64O19/c1-19-36(61-38-35(51)33(49)31(47)27(60-38)17-56-37-34(50)32(48)30(46)26(15-43)59-37)25(54-3)13-29(57-19)58-21-4-9-40(18-44)23-5-8-39(2)22(20-12-28(45)55-16-20)7-11-42(39,53)24(23)6-10-41(40,52)14-21/h12,18-19,21-27,29-38,43,46-53H,4-11,13-17H2,1-3H3/t19-,21-,22+,23+,24-,25-,26-,27+,29+,30+,31+,32+,33-,34+,35+,36+,37-,38-,39-,40+,41+,42+/m1/s1. The van der Waals surface area contributed by atoms with Gasteiger partial charge in [0.25, 0.3) is 0 Å². The van der Waals surface area contributed by atoms with Crippen molar-refractivity contribution in [2.24, 2.45) is 28.6 Å². The Morgan fingerprint density at radius 1 is 0.820 bits per heavy atom. The largest absolute Gasteiger partial charge is 0.458 e. The molecule has 3 saturated heterocycles. The molecule has 19 nitrogen and oxygen atoms in total. The average molecular weight is 873 g/mol. The van der Waals surface area contributed by atoms with Crippen molar-refractivity contribution in [2.75, 3.05) is 26.9 Å². The number of carbonyl (C=O) groups is 2. The molecule has 0 amide bonds. The minimum absolute atomic E-state index is 0.00485. The van der Waals surface area contributed by atoms with Crippen molar-refractivity contribution in [1.29, 1.82) is 0 Å². The fourth-order valence-electron chi connectivity index (χ4n) is 12.9. The zero-order valence-electron chi connectivity index (χ0n) is 34.8. The van der Waals surface area contributed by atoms with Crippen LogP contribution in [0.4, 0.5) is 0 Å². The van der Waals surface area contributed by atoms with Gasteiger partial charge < -0.3 is 88.6 Å². The van der Waals surface area contributed by atoms with Gasteiger partial charge in [0.05, 0.1) is 48.1 Å². The van der Waals surface area contributed by atoms with Gasteiger partial charge in [-0.2, -0.15) is 0 Å². The first-order valence-corrected chi connectivity index (χ1v) is 21.8. The molecule has 4 aliphatic carbocycles. The van der Waals surface area contributed by atoms with Gasteiger partial charge in [-0.1, -0.05) is 6.92 Å². The van der Waals surface area contributed by atoms with E-state index in [0.29, 0.717) is 44.9 Å². The van der Waals surface area contributed by atoms with E-state index in [1.165, 1.54) is 7.11 Å². The molecule has 0 unspecified atom stereocenters. The van der Waals surface area contributed by atoms with Gasteiger partial charge in [0.15, 0.2) is 18.9 Å². The summed E-state index contributed by atoms with van der Waals surface area (Å²) in [5, 5.41) is 97.4. The first-order chi connectivity index (χ1) is 28.9. The summed E-state index contributed by atoms with van der Waals surface area (Å²) in [6, 6.07) is 0. The second kappa shape index (κ2) is 17.2. The van der Waals surface area contributed by atoms with E-state index in [2.05, 4.69) is 6.92 Å². The first-order valence-electron chi connectivity index (χ1n) is 21.8. The number of aldehydes is 1. The van der Waals surface area contributed by atoms with Crippen LogP contribution in [-0.4, -0.2) is 188 Å². The fraction of sp³-hybridized carbons (Fsp3) is 0.905. The number of esters is 1. The van der Waals surface area contributed by atoms with Crippen LogP contribution < -0.4 is 0 Å². The Morgan fingerprint density at radius 3 is 2.18 bits per heavy atom. The summed E-state index contributed by atoms with van der Waals surface area (Å²) in [5.74, 6) is -0.767. The molecule has 0 bridgehead atoms. The van der Waals surface area contributed by atoms with Crippen LogP contribution in [-0.2, 0) is 47.5 Å². The molecule has 0 aromatic carbocycles. The van der Waals surface area contributed by atoms with E-state index in [1.54, 1.807) is 13.0 Å². The number of hydrogen-bond acceptors (Lipinski definition) is 19. The normalized spacial score (nSPS) is 53.6. The molecule has 0 aromatic rings. The molecule has 22 atom stereocenters. The third kappa shape index (κ3) is 7.55. The van der Waals surface area contributed by atoms with Crippen molar-refractivity contribution in [3.05, 3.63) is 11.6 Å².